The van der Waals surface area contributed by atoms with Crippen LogP contribution in [0.5, 0.6) is 0 Å². The van der Waals surface area contributed by atoms with E-state index < -0.39 is 5.97 Å². The Morgan fingerprint density at radius 3 is 2.60 bits per heavy atom. The minimum Gasteiger partial charge on any atom is -0.481 e. The molecule has 1 aliphatic rings. The largest absolute Gasteiger partial charge is 0.481 e. The molecule has 1 N–H and O–H groups in total. The number of carbonyl (C=O) groups is 1. The van der Waals surface area contributed by atoms with E-state index in [1.54, 1.807) is 0 Å². The van der Waals surface area contributed by atoms with Gasteiger partial charge >= 0.3 is 5.97 Å². The van der Waals surface area contributed by atoms with Crippen molar-refractivity contribution in [1.29, 1.82) is 0 Å². The number of pyridine rings is 1. The number of benzene rings is 1. The van der Waals surface area contributed by atoms with Crippen molar-refractivity contribution < 1.29 is 9.90 Å². The second kappa shape index (κ2) is 8.58. The zero-order valence-corrected chi connectivity index (χ0v) is 14.3. The lowest BCUT2D eigenvalue weighted by molar-refractivity contribution is -0.143. The molecular weight excluding hydrogens is 312 g/mol. The Labute approximate surface area is 148 Å². The monoisotopic (exact) mass is 336 g/mol. The molecule has 1 atom stereocenters. The molecule has 0 radical (unpaired) electrons. The Kier molecular flexibility index (Phi) is 5.96. The minimum atomic E-state index is -0.665. The number of aliphatic carboxylic acids is 1. The van der Waals surface area contributed by atoms with Gasteiger partial charge in [-0.05, 0) is 54.6 Å². The number of hydrogen-bond donors (Lipinski definition) is 1. The van der Waals surface area contributed by atoms with Crippen LogP contribution in [0, 0.1) is 5.92 Å². The van der Waals surface area contributed by atoms with Crippen molar-refractivity contribution in [3.8, 4) is 0 Å². The molecule has 0 saturated carbocycles. The topological polar surface area (TPSA) is 53.4 Å². The van der Waals surface area contributed by atoms with Gasteiger partial charge < -0.3 is 10.0 Å². The molecule has 1 aromatic heterocycles. The molecule has 1 aromatic carbocycles. The molecular formula is C21H24N2O2. The van der Waals surface area contributed by atoms with Gasteiger partial charge in [0.25, 0.3) is 0 Å². The normalized spacial score (nSPS) is 18.9. The summed E-state index contributed by atoms with van der Waals surface area (Å²) in [5.41, 5.74) is 3.55. The number of piperidine rings is 1. The van der Waals surface area contributed by atoms with E-state index in [4.69, 9.17) is 0 Å². The number of aromatic nitrogens is 1. The SMILES string of the molecule is O=C(O)C1CCCN(CCC=C(c2ccccc2)c2ccncc2)C1. The summed E-state index contributed by atoms with van der Waals surface area (Å²) in [4.78, 5) is 17.6. The number of carboxylic acid groups (broad SMARTS) is 1. The lowest BCUT2D eigenvalue weighted by Crippen LogP contribution is -2.39. The van der Waals surface area contributed by atoms with Crippen LogP contribution in [-0.4, -0.2) is 40.6 Å². The molecule has 0 bridgehead atoms. The fraction of sp³-hybridized carbons (Fsp3) is 0.333. The zero-order chi connectivity index (χ0) is 17.5. The van der Waals surface area contributed by atoms with E-state index in [2.05, 4.69) is 28.1 Å². The maximum atomic E-state index is 11.2. The predicted molar refractivity (Wildman–Crippen MR) is 99.2 cm³/mol. The summed E-state index contributed by atoms with van der Waals surface area (Å²) in [5, 5.41) is 9.22. The van der Waals surface area contributed by atoms with E-state index >= 15 is 0 Å². The molecule has 1 aliphatic heterocycles. The van der Waals surface area contributed by atoms with Crippen LogP contribution in [0.25, 0.3) is 5.57 Å². The number of carboxylic acids is 1. The molecule has 0 spiro atoms. The maximum absolute atomic E-state index is 11.2. The van der Waals surface area contributed by atoms with Gasteiger partial charge in [0, 0.05) is 25.5 Å². The van der Waals surface area contributed by atoms with Crippen molar-refractivity contribution in [2.24, 2.45) is 5.92 Å². The van der Waals surface area contributed by atoms with Crippen molar-refractivity contribution in [2.45, 2.75) is 19.3 Å². The Balaban J connectivity index is 1.70. The van der Waals surface area contributed by atoms with E-state index in [1.807, 2.05) is 42.7 Å². The van der Waals surface area contributed by atoms with Crippen LogP contribution < -0.4 is 0 Å². The first-order valence-electron chi connectivity index (χ1n) is 8.85. The Hall–Kier alpha value is -2.46. The molecule has 130 valence electrons. The van der Waals surface area contributed by atoms with Crippen LogP contribution in [0.2, 0.25) is 0 Å². The van der Waals surface area contributed by atoms with Crippen molar-refractivity contribution in [3.63, 3.8) is 0 Å². The van der Waals surface area contributed by atoms with Crippen molar-refractivity contribution >= 4 is 11.5 Å². The Morgan fingerprint density at radius 2 is 1.88 bits per heavy atom. The van der Waals surface area contributed by atoms with Gasteiger partial charge in [0.2, 0.25) is 0 Å². The summed E-state index contributed by atoms with van der Waals surface area (Å²) in [7, 11) is 0. The second-order valence-corrected chi connectivity index (χ2v) is 6.49. The highest BCUT2D eigenvalue weighted by Gasteiger charge is 2.24. The van der Waals surface area contributed by atoms with E-state index in [9.17, 15) is 9.90 Å². The Morgan fingerprint density at radius 1 is 1.16 bits per heavy atom. The fourth-order valence-electron chi connectivity index (χ4n) is 3.40. The van der Waals surface area contributed by atoms with Crippen molar-refractivity contribution in [1.82, 2.24) is 9.88 Å². The fourth-order valence-corrected chi connectivity index (χ4v) is 3.40. The lowest BCUT2D eigenvalue weighted by atomic mass is 9.96. The van der Waals surface area contributed by atoms with Crippen LogP contribution in [0.3, 0.4) is 0 Å². The molecule has 25 heavy (non-hydrogen) atoms. The van der Waals surface area contributed by atoms with Crippen LogP contribution in [-0.2, 0) is 4.79 Å². The summed E-state index contributed by atoms with van der Waals surface area (Å²) < 4.78 is 0. The smallest absolute Gasteiger partial charge is 0.307 e. The lowest BCUT2D eigenvalue weighted by Gasteiger charge is -2.30. The summed E-state index contributed by atoms with van der Waals surface area (Å²) in [6.45, 7) is 2.55. The molecule has 1 unspecified atom stereocenters. The average molecular weight is 336 g/mol. The number of rotatable bonds is 6. The van der Waals surface area contributed by atoms with E-state index in [0.29, 0.717) is 6.54 Å². The average Bonchev–Trinajstić information content (AvgIpc) is 2.67. The molecule has 2 heterocycles. The second-order valence-electron chi connectivity index (χ2n) is 6.49. The third kappa shape index (κ3) is 4.77. The van der Waals surface area contributed by atoms with Crippen LogP contribution in [0.4, 0.5) is 0 Å². The summed E-state index contributed by atoms with van der Waals surface area (Å²) in [5.74, 6) is -0.881. The third-order valence-corrected chi connectivity index (χ3v) is 4.72. The maximum Gasteiger partial charge on any atom is 0.307 e. The summed E-state index contributed by atoms with van der Waals surface area (Å²) in [6, 6.07) is 14.4. The Bertz CT molecular complexity index is 672. The molecule has 1 fully saturated rings. The number of hydrogen-bond acceptors (Lipinski definition) is 3. The van der Waals surface area contributed by atoms with Gasteiger partial charge in [0.15, 0.2) is 0 Å². The van der Waals surface area contributed by atoms with Crippen LogP contribution in [0.15, 0.2) is 60.9 Å². The van der Waals surface area contributed by atoms with Gasteiger partial charge in [-0.15, -0.1) is 0 Å². The van der Waals surface area contributed by atoms with Gasteiger partial charge in [-0.1, -0.05) is 36.4 Å². The molecule has 3 rings (SSSR count). The first kappa shape index (κ1) is 17.4. The van der Waals surface area contributed by atoms with E-state index in [1.165, 1.54) is 11.1 Å². The molecule has 0 aliphatic carbocycles. The molecule has 2 aromatic rings. The van der Waals surface area contributed by atoms with Gasteiger partial charge in [-0.3, -0.25) is 9.78 Å². The van der Waals surface area contributed by atoms with Crippen molar-refractivity contribution in [2.75, 3.05) is 19.6 Å². The first-order chi connectivity index (χ1) is 12.2. The number of likely N-dealkylation sites (tertiary alicyclic amines) is 1. The van der Waals surface area contributed by atoms with Gasteiger partial charge in [-0.25, -0.2) is 0 Å². The highest BCUT2D eigenvalue weighted by molar-refractivity contribution is 5.79. The van der Waals surface area contributed by atoms with Crippen LogP contribution in [0.1, 0.15) is 30.4 Å². The van der Waals surface area contributed by atoms with Gasteiger partial charge in [0.1, 0.15) is 0 Å². The molecule has 0 amide bonds. The summed E-state index contributed by atoms with van der Waals surface area (Å²) in [6.07, 6.45) is 8.56. The van der Waals surface area contributed by atoms with Gasteiger partial charge in [0.05, 0.1) is 5.92 Å². The zero-order valence-electron chi connectivity index (χ0n) is 14.3. The molecule has 1 saturated heterocycles. The number of nitrogens with zero attached hydrogens (tertiary/aromatic N) is 2. The van der Waals surface area contributed by atoms with E-state index in [0.717, 1.165) is 37.9 Å². The minimum absolute atomic E-state index is 0.216. The van der Waals surface area contributed by atoms with E-state index in [-0.39, 0.29) is 5.92 Å². The van der Waals surface area contributed by atoms with Gasteiger partial charge in [-0.2, -0.15) is 0 Å². The van der Waals surface area contributed by atoms with Crippen LogP contribution >= 0.6 is 0 Å². The molecule has 4 nitrogen and oxygen atoms in total. The highest BCUT2D eigenvalue weighted by Crippen LogP contribution is 2.24. The standard InChI is InChI=1S/C21H24N2O2/c24-21(25)19-8-4-14-23(16-19)15-5-9-20(17-6-2-1-3-7-17)18-10-12-22-13-11-18/h1-3,6-7,9-13,19H,4-5,8,14-16H2,(H,24,25). The predicted octanol–water partition coefficient (Wildman–Crippen LogP) is 3.70. The first-order valence-corrected chi connectivity index (χ1v) is 8.85. The molecule has 4 heteroatoms. The third-order valence-electron chi connectivity index (χ3n) is 4.72. The highest BCUT2D eigenvalue weighted by atomic mass is 16.4. The van der Waals surface area contributed by atoms with Crippen molar-refractivity contribution in [3.05, 3.63) is 72.1 Å². The quantitative estimate of drug-likeness (QED) is 0.874. The summed E-state index contributed by atoms with van der Waals surface area (Å²) >= 11 is 0.